The summed E-state index contributed by atoms with van der Waals surface area (Å²) in [6.45, 7) is 11.4. The topological polar surface area (TPSA) is 186 Å². The molecule has 0 spiro atoms. The van der Waals surface area contributed by atoms with Crippen molar-refractivity contribution in [2.24, 2.45) is 11.8 Å². The summed E-state index contributed by atoms with van der Waals surface area (Å²) in [4.78, 5) is 70.9. The van der Waals surface area contributed by atoms with Crippen LogP contribution in [0.2, 0.25) is 10.3 Å². The van der Waals surface area contributed by atoms with E-state index in [4.69, 9.17) is 37.9 Å². The van der Waals surface area contributed by atoms with Gasteiger partial charge in [0.2, 0.25) is 11.8 Å². The van der Waals surface area contributed by atoms with Gasteiger partial charge in [0.15, 0.2) is 0 Å². The number of fused-ring (bicyclic) bond motifs is 1. The summed E-state index contributed by atoms with van der Waals surface area (Å²) in [6.07, 6.45) is 1.01. The molecule has 2 aromatic heterocycles. The summed E-state index contributed by atoms with van der Waals surface area (Å²) >= 11 is 13.5. The summed E-state index contributed by atoms with van der Waals surface area (Å²) < 4.78 is 4.79. The van der Waals surface area contributed by atoms with Gasteiger partial charge < -0.3 is 40.2 Å². The molecule has 4 amide bonds. The summed E-state index contributed by atoms with van der Waals surface area (Å²) in [5, 5.41) is 17.3. The second-order valence-electron chi connectivity index (χ2n) is 16.8. The van der Waals surface area contributed by atoms with Gasteiger partial charge in [0.1, 0.15) is 45.4 Å². The van der Waals surface area contributed by atoms with Gasteiger partial charge in [-0.2, -0.15) is 0 Å². The second-order valence-corrected chi connectivity index (χ2v) is 17.6. The van der Waals surface area contributed by atoms with E-state index >= 15 is 0 Å². The van der Waals surface area contributed by atoms with Gasteiger partial charge in [0.05, 0.1) is 19.2 Å². The van der Waals surface area contributed by atoms with Crippen LogP contribution < -0.4 is 10.6 Å². The number of nitrogens with one attached hydrogen (secondary N) is 4. The van der Waals surface area contributed by atoms with Gasteiger partial charge in [-0.3, -0.25) is 9.59 Å². The standard InChI is InChI=1S/C45H52Cl2N8O6/c1-22(2)34(50-44(58)59)42(56)54-24(5)8-18-32(54)40-48-36(38(46)52-40)27-12-10-26(11-13-27)28-14-15-30-21-31(17-16-29(30)20-28)37-39(47)53-41(49-37)33-19-9-25(6)55(33)43(57)35(23(3)4)51-45(60)61-7/h10-17,20-25,32-35,50H,8-9,18-19H2,1-7H3,(H,48,52)(H,49,53)(H,51,60)(H,58,59)/t24-,25-,32-,33-,34-,35-/m0/s1. The van der Waals surface area contributed by atoms with Crippen molar-refractivity contribution in [2.45, 2.75) is 103 Å². The van der Waals surface area contributed by atoms with Crippen LogP contribution in [0.4, 0.5) is 9.59 Å². The number of alkyl carbamates (subject to hydrolysis) is 1. The Morgan fingerprint density at radius 1 is 0.672 bits per heavy atom. The first-order valence-electron chi connectivity index (χ1n) is 20.7. The smallest absolute Gasteiger partial charge is 0.407 e. The Bertz CT molecular complexity index is 2450. The van der Waals surface area contributed by atoms with Gasteiger partial charge in [-0.05, 0) is 85.4 Å². The number of nitrogens with zero attached hydrogens (tertiary/aromatic N) is 4. The Kier molecular flexibility index (Phi) is 12.7. The van der Waals surface area contributed by atoms with Crippen LogP contribution in [-0.2, 0) is 14.3 Å². The van der Waals surface area contributed by atoms with E-state index in [1.807, 2.05) is 84.0 Å². The Labute approximate surface area is 364 Å². The molecule has 5 aromatic rings. The summed E-state index contributed by atoms with van der Waals surface area (Å²) in [7, 11) is 1.28. The number of imidazole rings is 2. The minimum Gasteiger partial charge on any atom is -0.465 e. The summed E-state index contributed by atoms with van der Waals surface area (Å²) in [6, 6.07) is 17.8. The van der Waals surface area contributed by atoms with E-state index < -0.39 is 24.3 Å². The van der Waals surface area contributed by atoms with Crippen molar-refractivity contribution in [3.05, 3.63) is 82.6 Å². The number of carbonyl (C=O) groups is 4. The molecule has 4 heterocycles. The molecule has 61 heavy (non-hydrogen) atoms. The van der Waals surface area contributed by atoms with E-state index in [2.05, 4.69) is 38.8 Å². The zero-order valence-electron chi connectivity index (χ0n) is 35.3. The fraction of sp³-hybridized carbons (Fsp3) is 0.422. The van der Waals surface area contributed by atoms with Crippen molar-refractivity contribution < 1.29 is 29.0 Å². The Morgan fingerprint density at radius 2 is 1.10 bits per heavy atom. The molecule has 14 nitrogen and oxygen atoms in total. The number of carbonyl (C=O) groups excluding carboxylic acids is 3. The largest absolute Gasteiger partial charge is 0.465 e. The van der Waals surface area contributed by atoms with E-state index in [9.17, 15) is 24.3 Å². The van der Waals surface area contributed by atoms with E-state index in [1.165, 1.54) is 7.11 Å². The van der Waals surface area contributed by atoms with Crippen LogP contribution in [0.25, 0.3) is 44.4 Å². The van der Waals surface area contributed by atoms with Crippen LogP contribution in [0.1, 0.15) is 91.0 Å². The number of amides is 4. The van der Waals surface area contributed by atoms with E-state index in [-0.39, 0.29) is 47.8 Å². The van der Waals surface area contributed by atoms with Crippen molar-refractivity contribution in [1.29, 1.82) is 0 Å². The van der Waals surface area contributed by atoms with E-state index in [0.717, 1.165) is 45.9 Å². The van der Waals surface area contributed by atoms with Crippen LogP contribution in [-0.4, -0.2) is 90.1 Å². The number of halogens is 2. The number of carboxylic acid groups (broad SMARTS) is 1. The highest BCUT2D eigenvalue weighted by Crippen LogP contribution is 2.41. The number of methoxy groups -OCH3 is 1. The molecule has 6 atom stereocenters. The number of rotatable bonds is 11. The van der Waals surface area contributed by atoms with Crippen molar-refractivity contribution in [2.75, 3.05) is 7.11 Å². The van der Waals surface area contributed by atoms with Crippen LogP contribution in [0, 0.1) is 11.8 Å². The monoisotopic (exact) mass is 870 g/mol. The number of H-pyrrole nitrogens is 2. The molecule has 7 rings (SSSR count). The maximum Gasteiger partial charge on any atom is 0.407 e. The average Bonchev–Trinajstić information content (AvgIpc) is 4.02. The normalized spacial score (nSPS) is 20.0. The number of ether oxygens (including phenoxy) is 1. The quantitative estimate of drug-likeness (QED) is 0.0869. The third kappa shape index (κ3) is 8.78. The SMILES string of the molecule is COC(=O)N[C@H](C(=O)N1[C@@H](C)CC[C@H]1c1nc(-c2ccc3cc(-c4ccc(-c5nc([C@@H]6CC[C@H](C)N6C(=O)[C@@H](NC(=O)O)C(C)C)[nH]c5Cl)cc4)ccc3c2)c(Cl)[nH]1)C(C)C. The van der Waals surface area contributed by atoms with Crippen molar-refractivity contribution >= 4 is 58.0 Å². The van der Waals surface area contributed by atoms with Gasteiger partial charge in [0.25, 0.3) is 0 Å². The number of likely N-dealkylation sites (tertiary alicyclic amines) is 2. The highest BCUT2D eigenvalue weighted by molar-refractivity contribution is 6.32. The molecule has 2 aliphatic rings. The lowest BCUT2D eigenvalue weighted by atomic mass is 9.98. The Hall–Kier alpha value is -5.60. The molecule has 0 unspecified atom stereocenters. The third-order valence-corrected chi connectivity index (χ3v) is 12.6. The van der Waals surface area contributed by atoms with Crippen LogP contribution >= 0.6 is 23.2 Å². The van der Waals surface area contributed by atoms with Gasteiger partial charge in [-0.1, -0.05) is 99.4 Å². The first-order valence-corrected chi connectivity index (χ1v) is 21.5. The molecule has 16 heteroatoms. The van der Waals surface area contributed by atoms with Crippen molar-refractivity contribution in [3.63, 3.8) is 0 Å². The van der Waals surface area contributed by atoms with Crippen LogP contribution in [0.15, 0.2) is 60.7 Å². The third-order valence-electron chi connectivity index (χ3n) is 12.0. The predicted molar refractivity (Wildman–Crippen MR) is 235 cm³/mol. The minimum atomic E-state index is -1.24. The fourth-order valence-corrected chi connectivity index (χ4v) is 9.24. The molecule has 0 aliphatic carbocycles. The zero-order chi connectivity index (χ0) is 43.9. The Morgan fingerprint density at radius 3 is 1.57 bits per heavy atom. The molecule has 322 valence electrons. The molecular formula is C45H52Cl2N8O6. The van der Waals surface area contributed by atoms with E-state index in [1.54, 1.807) is 9.80 Å². The fourth-order valence-electron chi connectivity index (χ4n) is 8.74. The molecule has 0 radical (unpaired) electrons. The summed E-state index contributed by atoms with van der Waals surface area (Å²) in [5.41, 5.74) is 4.83. The molecule has 2 aliphatic heterocycles. The van der Waals surface area contributed by atoms with Crippen molar-refractivity contribution in [3.8, 4) is 33.6 Å². The molecule has 2 saturated heterocycles. The molecule has 5 N–H and O–H groups in total. The van der Waals surface area contributed by atoms with E-state index in [0.29, 0.717) is 46.2 Å². The predicted octanol–water partition coefficient (Wildman–Crippen LogP) is 9.37. The first-order chi connectivity index (χ1) is 29.1. The maximum atomic E-state index is 13.9. The number of aromatic amines is 2. The molecule has 0 bridgehead atoms. The van der Waals surface area contributed by atoms with Crippen molar-refractivity contribution in [1.82, 2.24) is 40.4 Å². The highest BCUT2D eigenvalue weighted by Gasteiger charge is 2.43. The Balaban J connectivity index is 1.08. The van der Waals surface area contributed by atoms with Crippen LogP contribution in [0.3, 0.4) is 0 Å². The second kappa shape index (κ2) is 17.8. The molecule has 0 saturated carbocycles. The van der Waals surface area contributed by atoms with Gasteiger partial charge in [-0.25, -0.2) is 19.6 Å². The van der Waals surface area contributed by atoms with Crippen LogP contribution in [0.5, 0.6) is 0 Å². The lowest BCUT2D eigenvalue weighted by molar-refractivity contribution is -0.138. The number of hydrogen-bond donors (Lipinski definition) is 5. The van der Waals surface area contributed by atoms with Gasteiger partial charge in [0, 0.05) is 23.2 Å². The lowest BCUT2D eigenvalue weighted by Gasteiger charge is -2.32. The lowest BCUT2D eigenvalue weighted by Crippen LogP contribution is -2.52. The first kappa shape index (κ1) is 43.5. The molecule has 2 fully saturated rings. The number of aromatic nitrogens is 4. The van der Waals surface area contributed by atoms with Gasteiger partial charge in [-0.15, -0.1) is 0 Å². The summed E-state index contributed by atoms with van der Waals surface area (Å²) in [5.74, 6) is 0.308. The number of benzene rings is 3. The molecule has 3 aromatic carbocycles. The number of hydrogen-bond acceptors (Lipinski definition) is 7. The maximum absolute atomic E-state index is 13.9. The average molecular weight is 872 g/mol. The highest BCUT2D eigenvalue weighted by atomic mass is 35.5. The zero-order valence-corrected chi connectivity index (χ0v) is 36.8. The molecular weight excluding hydrogens is 819 g/mol. The van der Waals surface area contributed by atoms with Gasteiger partial charge >= 0.3 is 12.2 Å². The minimum absolute atomic E-state index is 0.0574.